The lowest BCUT2D eigenvalue weighted by Crippen LogP contribution is -2.27. The molecule has 0 radical (unpaired) electrons. The van der Waals surface area contributed by atoms with Gasteiger partial charge >= 0.3 is 0 Å². The van der Waals surface area contributed by atoms with Gasteiger partial charge in [-0.3, -0.25) is 14.2 Å². The molecule has 0 unspecified atom stereocenters. The molecule has 5 nitrogen and oxygen atoms in total. The molecule has 0 atom stereocenters. The van der Waals surface area contributed by atoms with Gasteiger partial charge in [-0.2, -0.15) is 0 Å². The number of carbonyl (C=O) groups is 1. The standard InChI is InChI=1S/C14H10FN3O2S/c15-10-3-1-2-4-11(10)17-12(19)7-18-8-16-13-9(14(18)20)5-6-21-13/h1-6,8H,7H2,(H,17,19). The first-order valence-electron chi connectivity index (χ1n) is 6.12. The van der Waals surface area contributed by atoms with Gasteiger partial charge in [0.25, 0.3) is 5.56 Å². The average molecular weight is 303 g/mol. The van der Waals surface area contributed by atoms with Gasteiger partial charge in [0.05, 0.1) is 17.4 Å². The van der Waals surface area contributed by atoms with Gasteiger partial charge in [0.1, 0.15) is 17.2 Å². The summed E-state index contributed by atoms with van der Waals surface area (Å²) in [5.74, 6) is -1.01. The van der Waals surface area contributed by atoms with E-state index in [2.05, 4.69) is 10.3 Å². The molecule has 0 saturated carbocycles. The number of hydrogen-bond donors (Lipinski definition) is 1. The molecular weight excluding hydrogens is 293 g/mol. The predicted molar refractivity (Wildman–Crippen MR) is 78.9 cm³/mol. The zero-order valence-electron chi connectivity index (χ0n) is 10.7. The zero-order valence-corrected chi connectivity index (χ0v) is 11.6. The number of halogens is 1. The maximum Gasteiger partial charge on any atom is 0.262 e. The Labute approximate surface area is 122 Å². The highest BCUT2D eigenvalue weighted by molar-refractivity contribution is 7.16. The summed E-state index contributed by atoms with van der Waals surface area (Å²) < 4.78 is 14.6. The first kappa shape index (κ1) is 13.4. The van der Waals surface area contributed by atoms with Crippen LogP contribution in [0.1, 0.15) is 0 Å². The molecule has 106 valence electrons. The summed E-state index contributed by atoms with van der Waals surface area (Å²) in [4.78, 5) is 28.8. The van der Waals surface area contributed by atoms with E-state index in [-0.39, 0.29) is 17.8 Å². The SMILES string of the molecule is O=C(Cn1cnc2sccc2c1=O)Nc1ccccc1F. The van der Waals surface area contributed by atoms with Crippen molar-refractivity contribution in [2.24, 2.45) is 0 Å². The van der Waals surface area contributed by atoms with Crippen LogP contribution in [-0.4, -0.2) is 15.5 Å². The molecule has 0 spiro atoms. The van der Waals surface area contributed by atoms with E-state index in [1.54, 1.807) is 17.5 Å². The van der Waals surface area contributed by atoms with Crippen molar-refractivity contribution in [3.8, 4) is 0 Å². The maximum absolute atomic E-state index is 13.4. The lowest BCUT2D eigenvalue weighted by atomic mass is 10.3. The second kappa shape index (κ2) is 5.45. The van der Waals surface area contributed by atoms with Crippen LogP contribution in [0, 0.1) is 5.82 Å². The minimum Gasteiger partial charge on any atom is -0.322 e. The fourth-order valence-electron chi connectivity index (χ4n) is 1.91. The number of anilines is 1. The molecule has 1 aromatic carbocycles. The second-order valence-electron chi connectivity index (χ2n) is 4.35. The zero-order chi connectivity index (χ0) is 14.8. The van der Waals surface area contributed by atoms with E-state index < -0.39 is 11.7 Å². The van der Waals surface area contributed by atoms with Crippen molar-refractivity contribution in [2.75, 3.05) is 5.32 Å². The van der Waals surface area contributed by atoms with Crippen LogP contribution in [0.2, 0.25) is 0 Å². The van der Waals surface area contributed by atoms with Gasteiger partial charge in [-0.05, 0) is 23.6 Å². The molecule has 2 aromatic heterocycles. The molecule has 3 aromatic rings. The van der Waals surface area contributed by atoms with E-state index in [1.807, 2.05) is 0 Å². The van der Waals surface area contributed by atoms with Crippen LogP contribution < -0.4 is 10.9 Å². The molecule has 7 heteroatoms. The Kier molecular flexibility index (Phi) is 3.49. The number of fused-ring (bicyclic) bond motifs is 1. The van der Waals surface area contributed by atoms with E-state index in [0.29, 0.717) is 10.2 Å². The highest BCUT2D eigenvalue weighted by Gasteiger charge is 2.10. The topological polar surface area (TPSA) is 64.0 Å². The summed E-state index contributed by atoms with van der Waals surface area (Å²) >= 11 is 1.36. The third-order valence-corrected chi connectivity index (χ3v) is 3.73. The summed E-state index contributed by atoms with van der Waals surface area (Å²) in [5, 5.41) is 4.67. The summed E-state index contributed by atoms with van der Waals surface area (Å²) in [6, 6.07) is 7.52. The maximum atomic E-state index is 13.4. The number of carbonyl (C=O) groups excluding carboxylic acids is 1. The van der Waals surface area contributed by atoms with E-state index in [1.165, 1.54) is 40.4 Å². The largest absolute Gasteiger partial charge is 0.322 e. The molecule has 3 rings (SSSR count). The number of nitrogens with one attached hydrogen (secondary N) is 1. The number of thiophene rings is 1. The van der Waals surface area contributed by atoms with Gasteiger partial charge in [-0.15, -0.1) is 11.3 Å². The van der Waals surface area contributed by atoms with Gasteiger partial charge in [-0.25, -0.2) is 9.37 Å². The molecule has 0 aliphatic rings. The number of para-hydroxylation sites is 1. The monoisotopic (exact) mass is 303 g/mol. The number of amides is 1. The quantitative estimate of drug-likeness (QED) is 0.807. The summed E-state index contributed by atoms with van der Waals surface area (Å²) in [6.45, 7) is -0.216. The van der Waals surface area contributed by atoms with Crippen molar-refractivity contribution in [3.63, 3.8) is 0 Å². The van der Waals surface area contributed by atoms with Crippen LogP contribution in [0.5, 0.6) is 0 Å². The van der Waals surface area contributed by atoms with Crippen molar-refractivity contribution in [1.29, 1.82) is 0 Å². The molecule has 1 N–H and O–H groups in total. The minimum atomic E-state index is -0.524. The van der Waals surface area contributed by atoms with Crippen LogP contribution >= 0.6 is 11.3 Å². The second-order valence-corrected chi connectivity index (χ2v) is 5.24. The third-order valence-electron chi connectivity index (χ3n) is 2.91. The summed E-state index contributed by atoms with van der Waals surface area (Å²) in [5.41, 5.74) is -0.204. The fraction of sp³-hybridized carbons (Fsp3) is 0.0714. The Morgan fingerprint density at radius 2 is 2.14 bits per heavy atom. The first-order chi connectivity index (χ1) is 10.1. The fourth-order valence-corrected chi connectivity index (χ4v) is 2.64. The Balaban J connectivity index is 1.82. The number of aromatic nitrogens is 2. The van der Waals surface area contributed by atoms with Crippen molar-refractivity contribution in [3.05, 3.63) is 58.2 Å². The Morgan fingerprint density at radius 1 is 1.33 bits per heavy atom. The number of hydrogen-bond acceptors (Lipinski definition) is 4. The Morgan fingerprint density at radius 3 is 2.95 bits per heavy atom. The lowest BCUT2D eigenvalue weighted by Gasteiger charge is -2.07. The normalized spacial score (nSPS) is 10.7. The number of rotatable bonds is 3. The number of benzene rings is 1. The van der Waals surface area contributed by atoms with Crippen LogP contribution in [-0.2, 0) is 11.3 Å². The summed E-state index contributed by atoms with van der Waals surface area (Å²) in [7, 11) is 0. The molecule has 21 heavy (non-hydrogen) atoms. The van der Waals surface area contributed by atoms with E-state index >= 15 is 0 Å². The molecule has 1 amide bonds. The molecule has 2 heterocycles. The van der Waals surface area contributed by atoms with Crippen LogP contribution in [0.25, 0.3) is 10.2 Å². The van der Waals surface area contributed by atoms with E-state index in [9.17, 15) is 14.0 Å². The lowest BCUT2D eigenvalue weighted by molar-refractivity contribution is -0.116. The number of nitrogens with zero attached hydrogens (tertiary/aromatic N) is 2. The molecule has 0 aliphatic heterocycles. The van der Waals surface area contributed by atoms with Gasteiger partial charge in [0.15, 0.2) is 0 Å². The van der Waals surface area contributed by atoms with Crippen LogP contribution in [0.15, 0.2) is 46.8 Å². The van der Waals surface area contributed by atoms with Gasteiger partial charge in [-0.1, -0.05) is 12.1 Å². The van der Waals surface area contributed by atoms with Crippen molar-refractivity contribution < 1.29 is 9.18 Å². The predicted octanol–water partition coefficient (Wildman–Crippen LogP) is 2.24. The summed E-state index contributed by atoms with van der Waals surface area (Å²) in [6.07, 6.45) is 1.32. The van der Waals surface area contributed by atoms with E-state index in [0.717, 1.165) is 0 Å². The van der Waals surface area contributed by atoms with Crippen LogP contribution in [0.3, 0.4) is 0 Å². The molecule has 0 fully saturated rings. The van der Waals surface area contributed by atoms with Crippen molar-refractivity contribution in [1.82, 2.24) is 9.55 Å². The van der Waals surface area contributed by atoms with Gasteiger partial charge in [0.2, 0.25) is 5.91 Å². The minimum absolute atomic E-state index is 0.0834. The highest BCUT2D eigenvalue weighted by atomic mass is 32.1. The third kappa shape index (κ3) is 2.68. The van der Waals surface area contributed by atoms with Crippen molar-refractivity contribution >= 4 is 33.1 Å². The van der Waals surface area contributed by atoms with Gasteiger partial charge < -0.3 is 5.32 Å². The Hall–Kier alpha value is -2.54. The van der Waals surface area contributed by atoms with Crippen LogP contribution in [0.4, 0.5) is 10.1 Å². The van der Waals surface area contributed by atoms with Gasteiger partial charge in [0, 0.05) is 0 Å². The molecule has 0 aliphatic carbocycles. The smallest absolute Gasteiger partial charge is 0.262 e. The molecule has 0 bridgehead atoms. The highest BCUT2D eigenvalue weighted by Crippen LogP contribution is 2.14. The average Bonchev–Trinajstić information content (AvgIpc) is 2.94. The first-order valence-corrected chi connectivity index (χ1v) is 7.00. The van der Waals surface area contributed by atoms with E-state index in [4.69, 9.17) is 0 Å². The Bertz CT molecular complexity index is 872. The molecular formula is C14H10FN3O2S. The van der Waals surface area contributed by atoms with Crippen molar-refractivity contribution in [2.45, 2.75) is 6.54 Å². The molecule has 0 saturated heterocycles.